The summed E-state index contributed by atoms with van der Waals surface area (Å²) in [7, 11) is 0. The molecular formula is C25H33N3. The molecule has 3 rings (SSSR count). The Morgan fingerprint density at radius 3 is 2.43 bits per heavy atom. The van der Waals surface area contributed by atoms with E-state index in [0.29, 0.717) is 5.56 Å². The van der Waals surface area contributed by atoms with Gasteiger partial charge in [0, 0.05) is 17.5 Å². The monoisotopic (exact) mass is 375 g/mol. The molecular weight excluding hydrogens is 342 g/mol. The van der Waals surface area contributed by atoms with Crippen LogP contribution in [0.4, 0.5) is 0 Å². The van der Waals surface area contributed by atoms with Gasteiger partial charge in [0.1, 0.15) is 0 Å². The van der Waals surface area contributed by atoms with Crippen molar-refractivity contribution in [1.29, 1.82) is 5.26 Å². The molecule has 3 heteroatoms. The number of aromatic nitrogens is 2. The van der Waals surface area contributed by atoms with Crippen LogP contribution in [0.25, 0.3) is 11.4 Å². The molecule has 0 amide bonds. The third-order valence-corrected chi connectivity index (χ3v) is 5.99. The second-order valence-corrected chi connectivity index (χ2v) is 8.23. The molecule has 2 aromatic rings. The number of hydrogen-bond donors (Lipinski definition) is 0. The van der Waals surface area contributed by atoms with Gasteiger partial charge in [-0.25, -0.2) is 9.97 Å². The van der Waals surface area contributed by atoms with Crippen molar-refractivity contribution in [2.24, 2.45) is 5.92 Å². The fraction of sp³-hybridized carbons (Fsp3) is 0.560. The molecule has 1 aliphatic carbocycles. The van der Waals surface area contributed by atoms with Crippen molar-refractivity contribution in [3.05, 3.63) is 47.3 Å². The molecule has 0 saturated carbocycles. The zero-order valence-corrected chi connectivity index (χ0v) is 17.3. The highest BCUT2D eigenvalue weighted by molar-refractivity contribution is 5.56. The van der Waals surface area contributed by atoms with E-state index < -0.39 is 0 Å². The van der Waals surface area contributed by atoms with Crippen molar-refractivity contribution in [2.45, 2.75) is 84.0 Å². The van der Waals surface area contributed by atoms with Gasteiger partial charge in [-0.2, -0.15) is 5.26 Å². The molecule has 0 N–H and O–H groups in total. The highest BCUT2D eigenvalue weighted by atomic mass is 14.9. The lowest BCUT2D eigenvalue weighted by atomic mass is 9.84. The number of benzene rings is 1. The summed E-state index contributed by atoms with van der Waals surface area (Å²) in [5.41, 5.74) is 4.23. The maximum atomic E-state index is 8.94. The van der Waals surface area contributed by atoms with Gasteiger partial charge in [-0.1, -0.05) is 64.7 Å². The Morgan fingerprint density at radius 2 is 1.71 bits per heavy atom. The minimum absolute atomic E-state index is 0.672. The van der Waals surface area contributed by atoms with Gasteiger partial charge in [-0.05, 0) is 55.0 Å². The number of nitriles is 1. The Labute approximate surface area is 170 Å². The van der Waals surface area contributed by atoms with Gasteiger partial charge >= 0.3 is 0 Å². The lowest BCUT2D eigenvalue weighted by Gasteiger charge is -2.24. The van der Waals surface area contributed by atoms with Crippen molar-refractivity contribution in [2.75, 3.05) is 0 Å². The van der Waals surface area contributed by atoms with Gasteiger partial charge in [0.2, 0.25) is 0 Å². The van der Waals surface area contributed by atoms with Crippen LogP contribution >= 0.6 is 0 Å². The largest absolute Gasteiger partial charge is 0.236 e. The first-order chi connectivity index (χ1) is 13.8. The van der Waals surface area contributed by atoms with Crippen LogP contribution in [0.1, 0.15) is 88.0 Å². The van der Waals surface area contributed by atoms with E-state index in [-0.39, 0.29) is 0 Å². The summed E-state index contributed by atoms with van der Waals surface area (Å²) in [6.45, 7) is 2.28. The minimum atomic E-state index is 0.672. The number of nitrogens with zero attached hydrogens (tertiary/aromatic N) is 3. The van der Waals surface area contributed by atoms with Gasteiger partial charge in [-0.3, -0.25) is 0 Å². The third kappa shape index (κ3) is 5.89. The van der Waals surface area contributed by atoms with Crippen LogP contribution in [0.5, 0.6) is 0 Å². The zero-order valence-electron chi connectivity index (χ0n) is 17.3. The van der Waals surface area contributed by atoms with Crippen molar-refractivity contribution in [3.8, 4) is 17.5 Å². The molecule has 0 bridgehead atoms. The van der Waals surface area contributed by atoms with Crippen LogP contribution in [0, 0.1) is 17.2 Å². The zero-order chi connectivity index (χ0) is 19.6. The maximum absolute atomic E-state index is 8.94. The fourth-order valence-corrected chi connectivity index (χ4v) is 4.23. The smallest absolute Gasteiger partial charge is 0.159 e. The third-order valence-electron chi connectivity index (χ3n) is 5.99. The molecule has 0 fully saturated rings. The van der Waals surface area contributed by atoms with E-state index in [9.17, 15) is 0 Å². The van der Waals surface area contributed by atoms with Crippen molar-refractivity contribution < 1.29 is 0 Å². The minimum Gasteiger partial charge on any atom is -0.236 e. The second kappa shape index (κ2) is 11.0. The van der Waals surface area contributed by atoms with Crippen molar-refractivity contribution in [3.63, 3.8) is 0 Å². The van der Waals surface area contributed by atoms with Gasteiger partial charge in [-0.15, -0.1) is 0 Å². The lowest BCUT2D eigenvalue weighted by Crippen LogP contribution is -2.16. The van der Waals surface area contributed by atoms with Gasteiger partial charge in [0.05, 0.1) is 11.6 Å². The molecule has 0 spiro atoms. The van der Waals surface area contributed by atoms with Gasteiger partial charge < -0.3 is 0 Å². The summed E-state index contributed by atoms with van der Waals surface area (Å²) in [5, 5.41) is 8.94. The molecule has 28 heavy (non-hydrogen) atoms. The Morgan fingerprint density at radius 1 is 1.00 bits per heavy atom. The summed E-state index contributed by atoms with van der Waals surface area (Å²) >= 11 is 0. The van der Waals surface area contributed by atoms with Crippen LogP contribution in [-0.2, 0) is 12.8 Å². The van der Waals surface area contributed by atoms with Crippen LogP contribution in [0.3, 0.4) is 0 Å². The number of fused-ring (bicyclic) bond motifs is 1. The van der Waals surface area contributed by atoms with E-state index in [1.165, 1.54) is 75.5 Å². The highest BCUT2D eigenvalue weighted by Crippen LogP contribution is 2.29. The Kier molecular flexibility index (Phi) is 8.03. The van der Waals surface area contributed by atoms with E-state index in [1.807, 2.05) is 30.5 Å². The predicted octanol–water partition coefficient (Wildman–Crippen LogP) is 6.65. The van der Waals surface area contributed by atoms with Crippen LogP contribution in [0.15, 0.2) is 30.5 Å². The van der Waals surface area contributed by atoms with Gasteiger partial charge in [0.25, 0.3) is 0 Å². The summed E-state index contributed by atoms with van der Waals surface area (Å²) in [5.74, 6) is 1.58. The molecule has 0 saturated heterocycles. The molecule has 1 aliphatic rings. The van der Waals surface area contributed by atoms with E-state index in [1.54, 1.807) is 0 Å². The topological polar surface area (TPSA) is 49.6 Å². The first-order valence-electron chi connectivity index (χ1n) is 11.2. The van der Waals surface area contributed by atoms with E-state index in [4.69, 9.17) is 10.2 Å². The number of aryl methyl sites for hydroxylation is 1. The molecule has 1 atom stereocenters. The summed E-state index contributed by atoms with van der Waals surface area (Å²) < 4.78 is 0. The fourth-order valence-electron chi connectivity index (χ4n) is 4.23. The molecule has 1 heterocycles. The van der Waals surface area contributed by atoms with Crippen LogP contribution < -0.4 is 0 Å². The predicted molar refractivity (Wildman–Crippen MR) is 115 cm³/mol. The Hall–Kier alpha value is -2.21. The number of unbranched alkanes of at least 4 members (excludes halogenated alkanes) is 7. The van der Waals surface area contributed by atoms with Crippen molar-refractivity contribution >= 4 is 0 Å². The SMILES string of the molecule is CCCCCCCCCCC1CCc2nc(-c3ccc(C#N)cc3)ncc2C1. The molecule has 0 radical (unpaired) electrons. The normalized spacial score (nSPS) is 15.8. The molecule has 1 aromatic carbocycles. The molecule has 0 aliphatic heterocycles. The Balaban J connectivity index is 1.44. The Bertz CT molecular complexity index is 773. The summed E-state index contributed by atoms with van der Waals surface area (Å²) in [4.78, 5) is 9.43. The van der Waals surface area contributed by atoms with E-state index in [2.05, 4.69) is 18.0 Å². The number of rotatable bonds is 10. The molecule has 1 aromatic heterocycles. The second-order valence-electron chi connectivity index (χ2n) is 8.23. The molecule has 1 unspecified atom stereocenters. The average molecular weight is 376 g/mol. The van der Waals surface area contributed by atoms with E-state index in [0.717, 1.165) is 30.1 Å². The lowest BCUT2D eigenvalue weighted by molar-refractivity contribution is 0.399. The first kappa shape index (κ1) is 20.5. The quantitative estimate of drug-likeness (QED) is 0.437. The number of hydrogen-bond acceptors (Lipinski definition) is 3. The first-order valence-corrected chi connectivity index (χ1v) is 11.2. The summed E-state index contributed by atoms with van der Waals surface area (Å²) in [6, 6.07) is 9.70. The standard InChI is InChI=1S/C25H33N3/c1-2-3-4-5-6-7-8-9-10-20-13-16-24-23(17-20)19-27-25(28-24)22-14-11-21(18-26)12-15-22/h11-12,14-15,19-20H,2-10,13,16-17H2,1H3. The summed E-state index contributed by atoms with van der Waals surface area (Å²) in [6.07, 6.45) is 18.0. The van der Waals surface area contributed by atoms with E-state index >= 15 is 0 Å². The van der Waals surface area contributed by atoms with Crippen LogP contribution in [-0.4, -0.2) is 9.97 Å². The van der Waals surface area contributed by atoms with Gasteiger partial charge in [0.15, 0.2) is 5.82 Å². The highest BCUT2D eigenvalue weighted by Gasteiger charge is 2.20. The molecule has 3 nitrogen and oxygen atoms in total. The van der Waals surface area contributed by atoms with Crippen LogP contribution in [0.2, 0.25) is 0 Å². The van der Waals surface area contributed by atoms with Crippen molar-refractivity contribution in [1.82, 2.24) is 9.97 Å². The maximum Gasteiger partial charge on any atom is 0.159 e. The molecule has 148 valence electrons. The average Bonchev–Trinajstić information content (AvgIpc) is 2.75.